The van der Waals surface area contributed by atoms with Gasteiger partial charge in [-0.1, -0.05) is 89.0 Å². The maximum atomic E-state index is 12.2. The summed E-state index contributed by atoms with van der Waals surface area (Å²) in [6.45, 7) is 2.25. The van der Waals surface area contributed by atoms with Crippen LogP contribution < -0.4 is 0 Å². The van der Waals surface area contributed by atoms with Gasteiger partial charge in [-0.3, -0.25) is 0 Å². The van der Waals surface area contributed by atoms with Crippen LogP contribution in [0.3, 0.4) is 0 Å². The molecule has 3 heteroatoms. The first-order chi connectivity index (χ1) is 13.2. The highest BCUT2D eigenvalue weighted by Crippen LogP contribution is 2.32. The van der Waals surface area contributed by atoms with Crippen LogP contribution >= 0.6 is 0 Å². The second-order valence-corrected chi connectivity index (χ2v) is 7.61. The van der Waals surface area contributed by atoms with Gasteiger partial charge < -0.3 is 4.74 Å². The summed E-state index contributed by atoms with van der Waals surface area (Å²) in [5, 5.41) is 2.07. The summed E-state index contributed by atoms with van der Waals surface area (Å²) < 4.78 is 4.87. The molecule has 0 atom stereocenters. The number of aryl methyl sites for hydroxylation is 1. The molecule has 27 heavy (non-hydrogen) atoms. The monoisotopic (exact) mass is 366 g/mol. The fraction of sp³-hybridized carbons (Fsp3) is 0.500. The van der Waals surface area contributed by atoms with Crippen LogP contribution in [0.15, 0.2) is 30.3 Å². The van der Waals surface area contributed by atoms with Crippen molar-refractivity contribution >= 4 is 22.7 Å². The third kappa shape index (κ3) is 4.77. The largest absolute Gasteiger partial charge is 0.386 e. The van der Waals surface area contributed by atoms with Crippen LogP contribution in [0, 0.1) is 0 Å². The molecule has 0 amide bonds. The molecule has 1 aliphatic heterocycles. The maximum Gasteiger partial charge on any atom is 0.347 e. The quantitative estimate of drug-likeness (QED) is 0.255. The number of benzene rings is 2. The minimum atomic E-state index is -0.509. The normalized spacial score (nSPS) is 13.2. The predicted molar refractivity (Wildman–Crippen MR) is 109 cm³/mol. The third-order valence-electron chi connectivity index (χ3n) is 5.55. The maximum absolute atomic E-state index is 12.2. The molecule has 0 spiro atoms. The Hall–Kier alpha value is -2.16. The minimum Gasteiger partial charge on any atom is -0.386 e. The van der Waals surface area contributed by atoms with Crippen LogP contribution in [0.2, 0.25) is 0 Å². The molecule has 1 heterocycles. The van der Waals surface area contributed by atoms with Crippen molar-refractivity contribution in [3.05, 3.63) is 47.0 Å². The fourth-order valence-electron chi connectivity index (χ4n) is 4.06. The van der Waals surface area contributed by atoms with E-state index in [-0.39, 0.29) is 0 Å². The van der Waals surface area contributed by atoms with Crippen molar-refractivity contribution < 1.29 is 14.3 Å². The molecule has 3 nitrogen and oxygen atoms in total. The summed E-state index contributed by atoms with van der Waals surface area (Å²) in [5.74, 6) is -0.993. The second kappa shape index (κ2) is 9.68. The summed E-state index contributed by atoms with van der Waals surface area (Å²) in [6, 6.07) is 9.77. The summed E-state index contributed by atoms with van der Waals surface area (Å²) in [5.41, 5.74) is 1.91. The van der Waals surface area contributed by atoms with Gasteiger partial charge in [0.1, 0.15) is 0 Å². The summed E-state index contributed by atoms with van der Waals surface area (Å²) in [6.07, 6.45) is 13.6. The molecule has 0 fully saturated rings. The van der Waals surface area contributed by atoms with Gasteiger partial charge in [0, 0.05) is 0 Å². The molecule has 0 bridgehead atoms. The highest BCUT2D eigenvalue weighted by Gasteiger charge is 2.33. The Kier molecular flexibility index (Phi) is 7.03. The molecule has 0 N–H and O–H groups in total. The van der Waals surface area contributed by atoms with E-state index in [2.05, 4.69) is 6.92 Å². The van der Waals surface area contributed by atoms with E-state index in [1.165, 1.54) is 51.4 Å². The van der Waals surface area contributed by atoms with Gasteiger partial charge in [-0.25, -0.2) is 9.59 Å². The van der Waals surface area contributed by atoms with E-state index in [1.807, 2.05) is 24.3 Å². The third-order valence-corrected chi connectivity index (χ3v) is 5.55. The van der Waals surface area contributed by atoms with Crippen LogP contribution in [0.25, 0.3) is 10.8 Å². The van der Waals surface area contributed by atoms with Gasteiger partial charge in [0.25, 0.3) is 0 Å². The van der Waals surface area contributed by atoms with Crippen LogP contribution in [-0.4, -0.2) is 11.9 Å². The van der Waals surface area contributed by atoms with Crippen molar-refractivity contribution in [3.63, 3.8) is 0 Å². The summed E-state index contributed by atoms with van der Waals surface area (Å²) in [4.78, 5) is 24.2. The van der Waals surface area contributed by atoms with E-state index in [0.717, 1.165) is 35.6 Å². The van der Waals surface area contributed by atoms with E-state index < -0.39 is 11.9 Å². The zero-order chi connectivity index (χ0) is 19.1. The number of hydrogen-bond donors (Lipinski definition) is 0. The molecule has 2 aromatic rings. The average Bonchev–Trinajstić information content (AvgIpc) is 2.96. The SMILES string of the molecule is CCCCCCCCCCCCc1c2c(cc3ccccc13)C(=O)OC2=O. The van der Waals surface area contributed by atoms with Gasteiger partial charge in [0.2, 0.25) is 0 Å². The van der Waals surface area contributed by atoms with Gasteiger partial charge in [-0.05, 0) is 35.2 Å². The molecule has 2 aromatic carbocycles. The van der Waals surface area contributed by atoms with E-state index >= 15 is 0 Å². The predicted octanol–water partition coefficient (Wildman–Crippen LogP) is 6.61. The lowest BCUT2D eigenvalue weighted by molar-refractivity contribution is 0.0443. The topological polar surface area (TPSA) is 43.4 Å². The number of esters is 2. The van der Waals surface area contributed by atoms with Crippen LogP contribution in [0.1, 0.15) is 97.4 Å². The lowest BCUT2D eigenvalue weighted by Crippen LogP contribution is -2.02. The number of unbranched alkanes of at least 4 members (excludes halogenated alkanes) is 9. The lowest BCUT2D eigenvalue weighted by atomic mass is 9.91. The van der Waals surface area contributed by atoms with E-state index in [0.29, 0.717) is 11.1 Å². The Labute approximate surface area is 162 Å². The zero-order valence-electron chi connectivity index (χ0n) is 16.4. The molecule has 0 aliphatic carbocycles. The molecule has 0 saturated heterocycles. The van der Waals surface area contributed by atoms with Gasteiger partial charge >= 0.3 is 11.9 Å². The average molecular weight is 367 g/mol. The van der Waals surface area contributed by atoms with Crippen molar-refractivity contribution in [1.29, 1.82) is 0 Å². The first-order valence-corrected chi connectivity index (χ1v) is 10.5. The molecule has 0 saturated carbocycles. The van der Waals surface area contributed by atoms with Gasteiger partial charge in [-0.2, -0.15) is 0 Å². The highest BCUT2D eigenvalue weighted by atomic mass is 16.6. The van der Waals surface area contributed by atoms with Gasteiger partial charge in [-0.15, -0.1) is 0 Å². The van der Waals surface area contributed by atoms with Crippen LogP contribution in [-0.2, 0) is 11.2 Å². The summed E-state index contributed by atoms with van der Waals surface area (Å²) in [7, 11) is 0. The molecule has 144 valence electrons. The molecule has 1 aliphatic rings. The van der Waals surface area contributed by atoms with Gasteiger partial charge in [0.15, 0.2) is 0 Å². The molecule has 0 aromatic heterocycles. The standard InChI is InChI=1S/C24H30O3/c1-2-3-4-5-6-7-8-9-10-11-16-20-19-15-13-12-14-18(19)17-21-22(20)24(26)27-23(21)25/h12-15,17H,2-11,16H2,1H3. The minimum absolute atomic E-state index is 0.431. The number of carbonyl (C=O) groups is 2. The zero-order valence-corrected chi connectivity index (χ0v) is 16.4. The Balaban J connectivity index is 1.55. The van der Waals surface area contributed by atoms with Crippen molar-refractivity contribution in [2.24, 2.45) is 0 Å². The Morgan fingerprint density at radius 1 is 0.778 bits per heavy atom. The van der Waals surface area contributed by atoms with Crippen molar-refractivity contribution in [2.45, 2.75) is 77.6 Å². The fourth-order valence-corrected chi connectivity index (χ4v) is 4.06. The van der Waals surface area contributed by atoms with Gasteiger partial charge in [0.05, 0.1) is 11.1 Å². The molecular formula is C24H30O3. The first kappa shape index (κ1) is 19.6. The van der Waals surface area contributed by atoms with Crippen LogP contribution in [0.4, 0.5) is 0 Å². The molecule has 0 unspecified atom stereocenters. The molecular weight excluding hydrogens is 336 g/mol. The van der Waals surface area contributed by atoms with E-state index in [9.17, 15) is 9.59 Å². The number of cyclic esters (lactones) is 2. The smallest absolute Gasteiger partial charge is 0.347 e. The Morgan fingerprint density at radius 2 is 1.41 bits per heavy atom. The first-order valence-electron chi connectivity index (χ1n) is 10.5. The lowest BCUT2D eigenvalue weighted by Gasteiger charge is -2.10. The molecule has 3 rings (SSSR count). The van der Waals surface area contributed by atoms with Crippen LogP contribution in [0.5, 0.6) is 0 Å². The van der Waals surface area contributed by atoms with E-state index in [4.69, 9.17) is 4.74 Å². The summed E-state index contributed by atoms with van der Waals surface area (Å²) >= 11 is 0. The molecule has 0 radical (unpaired) electrons. The highest BCUT2D eigenvalue weighted by molar-refractivity contribution is 6.18. The number of hydrogen-bond acceptors (Lipinski definition) is 3. The number of ether oxygens (including phenoxy) is 1. The van der Waals surface area contributed by atoms with Crippen molar-refractivity contribution in [2.75, 3.05) is 0 Å². The van der Waals surface area contributed by atoms with Crippen molar-refractivity contribution in [3.8, 4) is 0 Å². The Bertz CT molecular complexity index is 807. The number of rotatable bonds is 11. The second-order valence-electron chi connectivity index (χ2n) is 7.61. The Morgan fingerprint density at radius 3 is 2.11 bits per heavy atom. The number of carbonyl (C=O) groups excluding carboxylic acids is 2. The number of fused-ring (bicyclic) bond motifs is 2. The van der Waals surface area contributed by atoms with E-state index in [1.54, 1.807) is 6.07 Å². The van der Waals surface area contributed by atoms with Crippen molar-refractivity contribution in [1.82, 2.24) is 0 Å².